The fraction of sp³-hybridized carbons (Fsp3) is 0.0588. The molecule has 0 saturated heterocycles. The van der Waals surface area contributed by atoms with E-state index in [1.165, 1.54) is 36.7 Å². The molecule has 3 aromatic rings. The van der Waals surface area contributed by atoms with Gasteiger partial charge in [0.25, 0.3) is 5.69 Å². The molecule has 0 aliphatic rings. The minimum Gasteiger partial charge on any atom is -0.444 e. The number of aromatic nitrogens is 1. The van der Waals surface area contributed by atoms with E-state index in [-0.39, 0.29) is 24.0 Å². The van der Waals surface area contributed by atoms with Crippen LogP contribution in [0, 0.1) is 15.9 Å². The Morgan fingerprint density at radius 2 is 2.12 bits per heavy atom. The largest absolute Gasteiger partial charge is 0.444 e. The second-order valence-corrected chi connectivity index (χ2v) is 5.01. The van der Waals surface area contributed by atoms with E-state index in [0.29, 0.717) is 16.8 Å². The van der Waals surface area contributed by atoms with Gasteiger partial charge in [-0.25, -0.2) is 9.37 Å². The Morgan fingerprint density at radius 3 is 2.92 bits per heavy atom. The number of oxime groups is 1. The summed E-state index contributed by atoms with van der Waals surface area (Å²) in [6.07, 6.45) is 2.75. The molecule has 0 fully saturated rings. The van der Waals surface area contributed by atoms with Crippen molar-refractivity contribution in [1.82, 2.24) is 4.98 Å². The summed E-state index contributed by atoms with van der Waals surface area (Å²) >= 11 is 0. The van der Waals surface area contributed by atoms with E-state index in [4.69, 9.17) is 9.25 Å². The number of rotatable bonds is 6. The molecule has 0 atom stereocenters. The number of hydrogen-bond acceptors (Lipinski definition) is 6. The lowest BCUT2D eigenvalue weighted by Gasteiger charge is -1.96. The normalized spacial score (nSPS) is 10.9. The predicted molar refractivity (Wildman–Crippen MR) is 87.4 cm³/mol. The highest BCUT2D eigenvalue weighted by Crippen LogP contribution is 2.19. The zero-order chi connectivity index (χ0) is 17.6. The van der Waals surface area contributed by atoms with Crippen molar-refractivity contribution in [3.63, 3.8) is 0 Å². The molecular formula is C17H12FN3O4. The van der Waals surface area contributed by atoms with Gasteiger partial charge in [0.2, 0.25) is 5.89 Å². The molecule has 0 amide bonds. The zero-order valence-corrected chi connectivity index (χ0v) is 12.8. The molecule has 0 bridgehead atoms. The van der Waals surface area contributed by atoms with Crippen molar-refractivity contribution in [2.45, 2.75) is 6.61 Å². The van der Waals surface area contributed by atoms with Crippen molar-refractivity contribution >= 4 is 11.9 Å². The highest BCUT2D eigenvalue weighted by atomic mass is 19.1. The lowest BCUT2D eigenvalue weighted by Crippen LogP contribution is -1.91. The van der Waals surface area contributed by atoms with E-state index in [9.17, 15) is 14.5 Å². The van der Waals surface area contributed by atoms with Gasteiger partial charge in [-0.15, -0.1) is 0 Å². The SMILES string of the molecule is O=[N+]([O-])c1cccc(/C=N/OCc2coc(-c3cccc(F)c3)n2)c1. The predicted octanol–water partition coefficient (Wildman–Crippen LogP) is 3.94. The third-order valence-corrected chi connectivity index (χ3v) is 3.19. The monoisotopic (exact) mass is 341 g/mol. The second kappa shape index (κ2) is 7.35. The molecule has 1 heterocycles. The number of oxazole rings is 1. The Morgan fingerprint density at radius 1 is 1.28 bits per heavy atom. The Kier molecular flexibility index (Phi) is 4.79. The topological polar surface area (TPSA) is 90.8 Å². The summed E-state index contributed by atoms with van der Waals surface area (Å²) in [7, 11) is 0. The van der Waals surface area contributed by atoms with Crippen LogP contribution < -0.4 is 0 Å². The van der Waals surface area contributed by atoms with Gasteiger partial charge in [-0.1, -0.05) is 23.4 Å². The Hall–Kier alpha value is -3.55. The van der Waals surface area contributed by atoms with Crippen molar-refractivity contribution in [1.29, 1.82) is 0 Å². The van der Waals surface area contributed by atoms with E-state index in [0.717, 1.165) is 0 Å². The van der Waals surface area contributed by atoms with Crippen LogP contribution in [0.15, 0.2) is 64.4 Å². The first-order valence-electron chi connectivity index (χ1n) is 7.22. The summed E-state index contributed by atoms with van der Waals surface area (Å²) in [5.41, 5.74) is 1.51. The Bertz CT molecular complexity index is 924. The van der Waals surface area contributed by atoms with E-state index in [1.54, 1.807) is 24.3 Å². The van der Waals surface area contributed by atoms with Gasteiger partial charge in [-0.3, -0.25) is 10.1 Å². The Balaban J connectivity index is 1.59. The van der Waals surface area contributed by atoms with Gasteiger partial charge in [0.1, 0.15) is 17.8 Å². The average Bonchev–Trinajstić information content (AvgIpc) is 3.08. The van der Waals surface area contributed by atoms with Gasteiger partial charge in [0.05, 0.1) is 11.1 Å². The third-order valence-electron chi connectivity index (χ3n) is 3.19. The van der Waals surface area contributed by atoms with E-state index >= 15 is 0 Å². The fourth-order valence-corrected chi connectivity index (χ4v) is 2.05. The molecule has 0 unspecified atom stereocenters. The van der Waals surface area contributed by atoms with Gasteiger partial charge in [0, 0.05) is 23.3 Å². The van der Waals surface area contributed by atoms with Crippen molar-refractivity contribution < 1.29 is 18.6 Å². The lowest BCUT2D eigenvalue weighted by atomic mass is 10.2. The maximum absolute atomic E-state index is 13.2. The van der Waals surface area contributed by atoms with Gasteiger partial charge in [-0.2, -0.15) is 0 Å². The molecule has 25 heavy (non-hydrogen) atoms. The highest BCUT2D eigenvalue weighted by Gasteiger charge is 2.08. The van der Waals surface area contributed by atoms with Crippen molar-refractivity contribution in [3.05, 3.63) is 82.0 Å². The summed E-state index contributed by atoms with van der Waals surface area (Å²) in [4.78, 5) is 19.5. The molecule has 0 N–H and O–H groups in total. The van der Waals surface area contributed by atoms with Crippen LogP contribution >= 0.6 is 0 Å². The maximum Gasteiger partial charge on any atom is 0.270 e. The zero-order valence-electron chi connectivity index (χ0n) is 12.8. The fourth-order valence-electron chi connectivity index (χ4n) is 2.05. The molecule has 8 heteroatoms. The molecule has 0 saturated carbocycles. The standard InChI is InChI=1S/C17H12FN3O4/c18-14-5-2-4-13(8-14)17-20-15(10-24-17)11-25-19-9-12-3-1-6-16(7-12)21(22)23/h1-10H,11H2/b19-9+. The highest BCUT2D eigenvalue weighted by molar-refractivity contribution is 5.80. The van der Waals surface area contributed by atoms with Gasteiger partial charge in [0.15, 0.2) is 6.61 Å². The van der Waals surface area contributed by atoms with Crippen LogP contribution in [0.4, 0.5) is 10.1 Å². The Labute approximate surface area is 141 Å². The number of nitro benzene ring substituents is 1. The van der Waals surface area contributed by atoms with Crippen LogP contribution in [0.3, 0.4) is 0 Å². The van der Waals surface area contributed by atoms with Gasteiger partial charge < -0.3 is 9.25 Å². The van der Waals surface area contributed by atoms with Crippen molar-refractivity contribution in [2.24, 2.45) is 5.16 Å². The minimum absolute atomic E-state index is 0.0276. The van der Waals surface area contributed by atoms with Crippen LogP contribution in [0.2, 0.25) is 0 Å². The molecule has 2 aromatic carbocycles. The molecule has 0 aliphatic heterocycles. The van der Waals surface area contributed by atoms with Crippen LogP contribution in [0.5, 0.6) is 0 Å². The maximum atomic E-state index is 13.2. The number of hydrogen-bond donors (Lipinski definition) is 0. The molecular weight excluding hydrogens is 329 g/mol. The van der Waals surface area contributed by atoms with Gasteiger partial charge >= 0.3 is 0 Å². The first-order chi connectivity index (χ1) is 12.1. The average molecular weight is 341 g/mol. The molecule has 1 aromatic heterocycles. The number of benzene rings is 2. The van der Waals surface area contributed by atoms with Crippen LogP contribution in [-0.2, 0) is 11.4 Å². The molecule has 0 aliphatic carbocycles. The van der Waals surface area contributed by atoms with Crippen LogP contribution in [0.25, 0.3) is 11.5 Å². The van der Waals surface area contributed by atoms with E-state index in [1.807, 2.05) is 0 Å². The first kappa shape index (κ1) is 16.3. The molecule has 126 valence electrons. The first-order valence-corrected chi connectivity index (χ1v) is 7.22. The summed E-state index contributed by atoms with van der Waals surface area (Å²) in [5.74, 6) is -0.101. The number of halogens is 1. The smallest absolute Gasteiger partial charge is 0.270 e. The van der Waals surface area contributed by atoms with E-state index in [2.05, 4.69) is 10.1 Å². The van der Waals surface area contributed by atoms with Crippen molar-refractivity contribution in [3.8, 4) is 11.5 Å². The van der Waals surface area contributed by atoms with Crippen LogP contribution in [0.1, 0.15) is 11.3 Å². The van der Waals surface area contributed by atoms with Crippen LogP contribution in [-0.4, -0.2) is 16.1 Å². The number of nitrogens with zero attached hydrogens (tertiary/aromatic N) is 3. The van der Waals surface area contributed by atoms with Crippen molar-refractivity contribution in [2.75, 3.05) is 0 Å². The minimum atomic E-state index is -0.485. The second-order valence-electron chi connectivity index (χ2n) is 5.01. The molecule has 3 rings (SSSR count). The summed E-state index contributed by atoms with van der Waals surface area (Å²) in [6, 6.07) is 11.9. The van der Waals surface area contributed by atoms with Gasteiger partial charge in [-0.05, 0) is 18.2 Å². The number of nitro groups is 1. The summed E-state index contributed by atoms with van der Waals surface area (Å²) < 4.78 is 18.5. The lowest BCUT2D eigenvalue weighted by molar-refractivity contribution is -0.384. The van der Waals surface area contributed by atoms with E-state index < -0.39 is 4.92 Å². The summed E-state index contributed by atoms with van der Waals surface area (Å²) in [5, 5.41) is 14.4. The summed E-state index contributed by atoms with van der Waals surface area (Å²) in [6.45, 7) is 0.0459. The quantitative estimate of drug-likeness (QED) is 0.385. The third kappa shape index (κ3) is 4.25. The number of non-ortho nitro benzene ring substituents is 1. The molecule has 0 spiro atoms. The molecule has 0 radical (unpaired) electrons. The molecule has 7 nitrogen and oxygen atoms in total.